The molecular weight excluding hydrogens is 633 g/mol. The van der Waals surface area contributed by atoms with E-state index in [0.29, 0.717) is 17.8 Å². The second kappa shape index (κ2) is 22.0. The number of fused-ring (bicyclic) bond motifs is 2. The fourth-order valence-electron chi connectivity index (χ4n) is 6.81. The zero-order valence-electron chi connectivity index (χ0n) is 30.7. The molecule has 3 heterocycles. The van der Waals surface area contributed by atoms with Crippen LogP contribution in [0.15, 0.2) is 35.3 Å². The SMILES string of the molecule is CCCCCCCCCCCCCCCCCCCCC(=O)OCOC(=O)N1C(N2CCN(C)CC2)=c2cc(C)sc2=Nc2ccccc21. The molecule has 2 aliphatic rings. The molecule has 1 fully saturated rings. The third kappa shape index (κ3) is 13.1. The van der Waals surface area contributed by atoms with Crippen molar-refractivity contribution in [2.24, 2.45) is 4.99 Å². The number of rotatable bonds is 22. The fourth-order valence-corrected chi connectivity index (χ4v) is 7.69. The Kier molecular flexibility index (Phi) is 17.5. The Morgan fingerprint density at radius 1 is 0.755 bits per heavy atom. The number of unbranched alkanes of at least 4 members (excludes halogenated alkanes) is 17. The quantitative estimate of drug-likeness (QED) is 0.0695. The van der Waals surface area contributed by atoms with Crippen molar-refractivity contribution >= 4 is 40.6 Å². The Morgan fingerprint density at radius 2 is 1.31 bits per heavy atom. The number of thiophene rings is 1. The van der Waals surface area contributed by atoms with Gasteiger partial charge in [-0.1, -0.05) is 128 Å². The summed E-state index contributed by atoms with van der Waals surface area (Å²) < 4.78 is 11.9. The molecule has 4 rings (SSSR count). The monoisotopic (exact) mass is 694 g/mol. The molecule has 8 nitrogen and oxygen atoms in total. The number of carbonyl (C=O) groups is 2. The molecule has 9 heteroatoms. The molecule has 2 aliphatic heterocycles. The van der Waals surface area contributed by atoms with E-state index in [2.05, 4.69) is 36.8 Å². The molecule has 0 radical (unpaired) electrons. The number of amides is 1. The third-order valence-corrected chi connectivity index (χ3v) is 10.7. The first-order valence-corrected chi connectivity index (χ1v) is 20.1. The molecule has 0 unspecified atom stereocenters. The lowest BCUT2D eigenvalue weighted by Crippen LogP contribution is -2.51. The zero-order chi connectivity index (χ0) is 34.7. The number of aryl methyl sites for hydroxylation is 1. The van der Waals surface area contributed by atoms with E-state index in [1.807, 2.05) is 24.3 Å². The number of esters is 1. The number of anilines is 1. The minimum Gasteiger partial charge on any atom is -0.428 e. The molecule has 0 bridgehead atoms. The summed E-state index contributed by atoms with van der Waals surface area (Å²) >= 11 is 1.62. The maximum atomic E-state index is 13.8. The van der Waals surface area contributed by atoms with Crippen LogP contribution in [0.4, 0.5) is 16.2 Å². The van der Waals surface area contributed by atoms with Crippen LogP contribution in [0.3, 0.4) is 0 Å². The molecule has 0 spiro atoms. The first kappa shape index (κ1) is 38.9. The van der Waals surface area contributed by atoms with Crippen molar-refractivity contribution in [1.29, 1.82) is 0 Å². The van der Waals surface area contributed by atoms with Crippen molar-refractivity contribution in [3.05, 3.63) is 45.1 Å². The van der Waals surface area contributed by atoms with E-state index >= 15 is 0 Å². The standard InChI is InChI=1S/C40H62N4O4S/c1-4-5-6-7-8-9-10-11-12-13-14-15-16-17-18-19-20-21-26-37(45)47-32-48-40(46)44-36-25-23-22-24-35(36)41-38-34(31-33(2)49-38)39(44)43-29-27-42(3)28-30-43/h22-25,31H,4-21,26-30,32H2,1-3H3. The van der Waals surface area contributed by atoms with Crippen LogP contribution in [0.5, 0.6) is 0 Å². The first-order chi connectivity index (χ1) is 24.0. The average Bonchev–Trinajstić information content (AvgIpc) is 3.40. The number of nitrogens with zero attached hydrogens (tertiary/aromatic N) is 4. The largest absolute Gasteiger partial charge is 0.428 e. The Bertz CT molecular complexity index is 1400. The summed E-state index contributed by atoms with van der Waals surface area (Å²) in [6, 6.07) is 9.74. The lowest BCUT2D eigenvalue weighted by molar-refractivity contribution is -0.151. The minimum atomic E-state index is -0.575. The van der Waals surface area contributed by atoms with Crippen molar-refractivity contribution in [2.75, 3.05) is 44.9 Å². The van der Waals surface area contributed by atoms with E-state index in [9.17, 15) is 9.59 Å². The highest BCUT2D eigenvalue weighted by molar-refractivity contribution is 7.09. The Morgan fingerprint density at radius 3 is 1.90 bits per heavy atom. The fraction of sp³-hybridized carbons (Fsp3) is 0.675. The smallest absolute Gasteiger partial charge is 0.423 e. The molecule has 0 aliphatic carbocycles. The number of hydrogen-bond donors (Lipinski definition) is 0. The van der Waals surface area contributed by atoms with Crippen LogP contribution >= 0.6 is 11.3 Å². The maximum absolute atomic E-state index is 13.8. The van der Waals surface area contributed by atoms with Crippen LogP contribution in [-0.4, -0.2) is 61.9 Å². The zero-order valence-corrected chi connectivity index (χ0v) is 31.5. The Labute approximate surface area is 299 Å². The van der Waals surface area contributed by atoms with Crippen molar-refractivity contribution in [2.45, 2.75) is 136 Å². The van der Waals surface area contributed by atoms with Gasteiger partial charge in [0.2, 0.25) is 6.79 Å². The number of carbonyl (C=O) groups excluding carboxylic acids is 2. The van der Waals surface area contributed by atoms with E-state index in [1.165, 1.54) is 96.3 Å². The van der Waals surface area contributed by atoms with E-state index in [0.717, 1.165) is 66.0 Å². The number of benzene rings is 1. The molecule has 0 saturated carbocycles. The highest BCUT2D eigenvalue weighted by Crippen LogP contribution is 2.34. The molecular formula is C40H62N4O4S. The maximum Gasteiger partial charge on any atom is 0.423 e. The summed E-state index contributed by atoms with van der Waals surface area (Å²) in [6.07, 6.45) is 23.3. The van der Waals surface area contributed by atoms with Crippen LogP contribution in [-0.2, 0) is 14.3 Å². The van der Waals surface area contributed by atoms with Gasteiger partial charge in [-0.2, -0.15) is 0 Å². The van der Waals surface area contributed by atoms with Gasteiger partial charge in [-0.25, -0.2) is 14.7 Å². The average molecular weight is 695 g/mol. The summed E-state index contributed by atoms with van der Waals surface area (Å²) in [4.78, 5) is 38.5. The molecule has 49 heavy (non-hydrogen) atoms. The number of likely N-dealkylation sites (N-methyl/N-ethyl adjacent to an activating group) is 1. The van der Waals surface area contributed by atoms with Crippen LogP contribution in [0.2, 0.25) is 0 Å². The molecule has 2 aromatic rings. The van der Waals surface area contributed by atoms with Gasteiger partial charge in [0, 0.05) is 37.5 Å². The molecule has 0 atom stereocenters. The first-order valence-electron chi connectivity index (χ1n) is 19.3. The van der Waals surface area contributed by atoms with Crippen molar-refractivity contribution in [3.8, 4) is 0 Å². The summed E-state index contributed by atoms with van der Waals surface area (Å²) in [6.45, 7) is 7.27. The molecule has 1 amide bonds. The van der Waals surface area contributed by atoms with Gasteiger partial charge in [0.15, 0.2) is 0 Å². The van der Waals surface area contributed by atoms with Crippen molar-refractivity contribution in [1.82, 2.24) is 9.80 Å². The molecule has 1 aromatic carbocycles. The molecule has 272 valence electrons. The van der Waals surface area contributed by atoms with Gasteiger partial charge in [0.25, 0.3) is 0 Å². The number of para-hydroxylation sites is 2. The minimum absolute atomic E-state index is 0.324. The Balaban J connectivity index is 1.11. The summed E-state index contributed by atoms with van der Waals surface area (Å²) in [5.41, 5.74) is 1.37. The molecule has 1 aromatic heterocycles. The lowest BCUT2D eigenvalue weighted by Gasteiger charge is -2.38. The van der Waals surface area contributed by atoms with Crippen molar-refractivity contribution < 1.29 is 19.1 Å². The molecule has 1 saturated heterocycles. The number of hydrogen-bond acceptors (Lipinski definition) is 8. The third-order valence-electron chi connectivity index (χ3n) is 9.76. The second-order valence-electron chi connectivity index (χ2n) is 13.9. The van der Waals surface area contributed by atoms with Gasteiger partial charge in [0.1, 0.15) is 10.5 Å². The van der Waals surface area contributed by atoms with E-state index in [-0.39, 0.29) is 5.97 Å². The second-order valence-corrected chi connectivity index (χ2v) is 15.2. The van der Waals surface area contributed by atoms with Crippen LogP contribution in [0, 0.1) is 6.92 Å². The van der Waals surface area contributed by atoms with E-state index in [1.54, 1.807) is 16.2 Å². The van der Waals surface area contributed by atoms with Gasteiger partial charge in [-0.15, -0.1) is 11.3 Å². The lowest BCUT2D eigenvalue weighted by atomic mass is 10.0. The summed E-state index contributed by atoms with van der Waals surface area (Å²) in [5.74, 6) is 0.450. The van der Waals surface area contributed by atoms with Gasteiger partial charge >= 0.3 is 12.1 Å². The normalized spacial score (nSPS) is 14.6. The van der Waals surface area contributed by atoms with E-state index in [4.69, 9.17) is 14.5 Å². The topological polar surface area (TPSA) is 74.7 Å². The summed E-state index contributed by atoms with van der Waals surface area (Å²) in [5, 5.41) is 0.922. The predicted octanol–water partition coefficient (Wildman–Crippen LogP) is 9.21. The van der Waals surface area contributed by atoms with Crippen molar-refractivity contribution in [3.63, 3.8) is 0 Å². The van der Waals surface area contributed by atoms with Gasteiger partial charge in [0.05, 0.1) is 16.6 Å². The predicted molar refractivity (Wildman–Crippen MR) is 202 cm³/mol. The van der Waals surface area contributed by atoms with Crippen LogP contribution in [0.25, 0.3) is 5.82 Å². The highest BCUT2D eigenvalue weighted by atomic mass is 32.1. The van der Waals surface area contributed by atoms with Gasteiger partial charge < -0.3 is 19.3 Å². The van der Waals surface area contributed by atoms with Crippen LogP contribution < -0.4 is 14.8 Å². The van der Waals surface area contributed by atoms with E-state index < -0.39 is 12.9 Å². The summed E-state index contributed by atoms with van der Waals surface area (Å²) in [7, 11) is 2.11. The highest BCUT2D eigenvalue weighted by Gasteiger charge is 2.32. The Hall–Kier alpha value is -2.91. The van der Waals surface area contributed by atoms with Gasteiger partial charge in [-0.05, 0) is 38.6 Å². The number of piperazine rings is 1. The van der Waals surface area contributed by atoms with Gasteiger partial charge in [-0.3, -0.25) is 4.79 Å². The van der Waals surface area contributed by atoms with Crippen LogP contribution in [0.1, 0.15) is 134 Å². The molecule has 0 N–H and O–H groups in total. The number of ether oxygens (including phenoxy) is 2.